The van der Waals surface area contributed by atoms with Gasteiger partial charge in [-0.05, 0) is 24.0 Å². The number of methoxy groups -OCH3 is 3. The van der Waals surface area contributed by atoms with Gasteiger partial charge < -0.3 is 19.0 Å². The lowest BCUT2D eigenvalue weighted by Gasteiger charge is -2.16. The van der Waals surface area contributed by atoms with Crippen molar-refractivity contribution in [3.05, 3.63) is 23.8 Å². The quantitative estimate of drug-likeness (QED) is 0.665. The molecule has 1 aromatic rings. The lowest BCUT2D eigenvalue weighted by molar-refractivity contribution is -0.109. The second-order valence-corrected chi connectivity index (χ2v) is 4.11. The number of ether oxygens (including phenoxy) is 3. The normalized spacial score (nSPS) is 11.9. The van der Waals surface area contributed by atoms with Gasteiger partial charge in [-0.1, -0.05) is 6.07 Å². The highest BCUT2D eigenvalue weighted by Crippen LogP contribution is 2.27. The Kier molecular flexibility index (Phi) is 6.22. The van der Waals surface area contributed by atoms with E-state index in [9.17, 15) is 4.79 Å². The zero-order valence-electron chi connectivity index (χ0n) is 11.1. The Bertz CT molecular complexity index is 376. The van der Waals surface area contributed by atoms with E-state index in [2.05, 4.69) is 0 Å². The van der Waals surface area contributed by atoms with Crippen molar-refractivity contribution in [1.29, 1.82) is 0 Å². The number of rotatable bonds is 8. The van der Waals surface area contributed by atoms with Crippen LogP contribution in [0.5, 0.6) is 11.5 Å². The molecular formula is C14H20O4. The molecule has 0 saturated heterocycles. The van der Waals surface area contributed by atoms with Gasteiger partial charge >= 0.3 is 0 Å². The average Bonchev–Trinajstić information content (AvgIpc) is 2.39. The molecule has 0 amide bonds. The Morgan fingerprint density at radius 2 is 2.00 bits per heavy atom. The molecule has 0 radical (unpaired) electrons. The van der Waals surface area contributed by atoms with E-state index in [1.165, 1.54) is 0 Å². The fourth-order valence-corrected chi connectivity index (χ4v) is 1.91. The van der Waals surface area contributed by atoms with E-state index in [-0.39, 0.29) is 5.92 Å². The van der Waals surface area contributed by atoms with Crippen LogP contribution in [0.3, 0.4) is 0 Å². The van der Waals surface area contributed by atoms with Gasteiger partial charge in [0.05, 0.1) is 14.2 Å². The minimum atomic E-state index is 0.176. The summed E-state index contributed by atoms with van der Waals surface area (Å²) in [6.45, 7) is 0.563. The topological polar surface area (TPSA) is 44.8 Å². The number of benzene rings is 1. The maximum atomic E-state index is 10.6. The minimum absolute atomic E-state index is 0.176. The van der Waals surface area contributed by atoms with Crippen LogP contribution in [0.4, 0.5) is 0 Å². The smallest absolute Gasteiger partial charge is 0.125 e. The van der Waals surface area contributed by atoms with Crippen molar-refractivity contribution in [3.63, 3.8) is 0 Å². The van der Waals surface area contributed by atoms with E-state index in [0.717, 1.165) is 29.8 Å². The molecule has 0 N–H and O–H groups in total. The molecule has 4 nitrogen and oxygen atoms in total. The number of hydrogen-bond acceptors (Lipinski definition) is 4. The van der Waals surface area contributed by atoms with Gasteiger partial charge in [0.15, 0.2) is 0 Å². The maximum Gasteiger partial charge on any atom is 0.125 e. The number of aldehydes is 1. The molecule has 0 fully saturated rings. The Morgan fingerprint density at radius 1 is 1.22 bits per heavy atom. The summed E-state index contributed by atoms with van der Waals surface area (Å²) >= 11 is 0. The van der Waals surface area contributed by atoms with E-state index >= 15 is 0 Å². The van der Waals surface area contributed by atoms with Crippen LogP contribution in [0.25, 0.3) is 0 Å². The zero-order chi connectivity index (χ0) is 13.4. The summed E-state index contributed by atoms with van der Waals surface area (Å²) in [6.07, 6.45) is 2.17. The van der Waals surface area contributed by atoms with Gasteiger partial charge in [0.2, 0.25) is 0 Å². The molecular weight excluding hydrogens is 232 g/mol. The third-order valence-corrected chi connectivity index (χ3v) is 2.83. The first-order valence-corrected chi connectivity index (χ1v) is 5.88. The largest absolute Gasteiger partial charge is 0.497 e. The van der Waals surface area contributed by atoms with Crippen LogP contribution in [0.1, 0.15) is 12.0 Å². The molecule has 0 aliphatic carbocycles. The summed E-state index contributed by atoms with van der Waals surface area (Å²) < 4.78 is 15.6. The Morgan fingerprint density at radius 3 is 2.56 bits per heavy atom. The first-order chi connectivity index (χ1) is 8.74. The van der Waals surface area contributed by atoms with Crippen molar-refractivity contribution in [2.24, 2.45) is 5.92 Å². The molecule has 18 heavy (non-hydrogen) atoms. The van der Waals surface area contributed by atoms with Crippen LogP contribution in [-0.2, 0) is 16.0 Å². The second-order valence-electron chi connectivity index (χ2n) is 4.11. The molecule has 1 atom stereocenters. The van der Waals surface area contributed by atoms with E-state index in [1.54, 1.807) is 21.3 Å². The highest BCUT2D eigenvalue weighted by atomic mass is 16.5. The molecule has 0 aromatic heterocycles. The SMILES string of the molecule is COCC(CC=O)Cc1ccc(OC)cc1OC. The summed E-state index contributed by atoms with van der Waals surface area (Å²) in [5, 5.41) is 0. The molecule has 100 valence electrons. The molecule has 1 rings (SSSR count). The summed E-state index contributed by atoms with van der Waals surface area (Å²) in [4.78, 5) is 10.6. The lowest BCUT2D eigenvalue weighted by atomic mass is 9.97. The third kappa shape index (κ3) is 4.04. The fourth-order valence-electron chi connectivity index (χ4n) is 1.91. The second kappa shape index (κ2) is 7.71. The fraction of sp³-hybridized carbons (Fsp3) is 0.500. The van der Waals surface area contributed by atoms with Gasteiger partial charge in [-0.2, -0.15) is 0 Å². The Labute approximate surface area is 108 Å². The molecule has 0 saturated carbocycles. The third-order valence-electron chi connectivity index (χ3n) is 2.83. The van der Waals surface area contributed by atoms with Crippen molar-refractivity contribution >= 4 is 6.29 Å². The Hall–Kier alpha value is -1.55. The van der Waals surface area contributed by atoms with Crippen molar-refractivity contribution in [2.45, 2.75) is 12.8 Å². The summed E-state index contributed by atoms with van der Waals surface area (Å²) in [5.41, 5.74) is 1.06. The van der Waals surface area contributed by atoms with Crippen molar-refractivity contribution in [3.8, 4) is 11.5 Å². The van der Waals surface area contributed by atoms with Gasteiger partial charge in [0, 0.05) is 26.2 Å². The Balaban J connectivity index is 2.83. The van der Waals surface area contributed by atoms with Gasteiger partial charge in [-0.25, -0.2) is 0 Å². The van der Waals surface area contributed by atoms with E-state index in [0.29, 0.717) is 13.0 Å². The van der Waals surface area contributed by atoms with Gasteiger partial charge in [0.25, 0.3) is 0 Å². The molecule has 1 aromatic carbocycles. The van der Waals surface area contributed by atoms with Crippen molar-refractivity contribution in [2.75, 3.05) is 27.9 Å². The van der Waals surface area contributed by atoms with Crippen LogP contribution >= 0.6 is 0 Å². The molecule has 4 heteroatoms. The van der Waals surface area contributed by atoms with Crippen LogP contribution in [0.15, 0.2) is 18.2 Å². The standard InChI is InChI=1S/C14H20O4/c1-16-10-11(6-7-15)8-12-4-5-13(17-2)9-14(12)18-3/h4-5,7,9,11H,6,8,10H2,1-3H3. The first-order valence-electron chi connectivity index (χ1n) is 5.88. The number of carbonyl (C=O) groups excluding carboxylic acids is 1. The monoisotopic (exact) mass is 252 g/mol. The molecule has 0 heterocycles. The maximum absolute atomic E-state index is 10.6. The molecule has 0 spiro atoms. The van der Waals surface area contributed by atoms with Crippen LogP contribution < -0.4 is 9.47 Å². The zero-order valence-corrected chi connectivity index (χ0v) is 11.1. The van der Waals surface area contributed by atoms with Crippen LogP contribution in [0, 0.1) is 5.92 Å². The predicted molar refractivity (Wildman–Crippen MR) is 69.3 cm³/mol. The molecule has 0 bridgehead atoms. The van der Waals surface area contributed by atoms with Crippen molar-refractivity contribution < 1.29 is 19.0 Å². The highest BCUT2D eigenvalue weighted by molar-refractivity contribution is 5.50. The lowest BCUT2D eigenvalue weighted by Crippen LogP contribution is -2.12. The summed E-state index contributed by atoms with van der Waals surface area (Å²) in [6, 6.07) is 5.70. The van der Waals surface area contributed by atoms with E-state index < -0.39 is 0 Å². The van der Waals surface area contributed by atoms with Gasteiger partial charge in [-0.3, -0.25) is 0 Å². The van der Waals surface area contributed by atoms with Gasteiger partial charge in [0.1, 0.15) is 17.8 Å². The highest BCUT2D eigenvalue weighted by Gasteiger charge is 2.13. The first kappa shape index (κ1) is 14.5. The average molecular weight is 252 g/mol. The van der Waals surface area contributed by atoms with Crippen LogP contribution in [0.2, 0.25) is 0 Å². The van der Waals surface area contributed by atoms with E-state index in [4.69, 9.17) is 14.2 Å². The molecule has 1 unspecified atom stereocenters. The van der Waals surface area contributed by atoms with Crippen molar-refractivity contribution in [1.82, 2.24) is 0 Å². The molecule has 0 aliphatic heterocycles. The summed E-state index contributed by atoms with van der Waals surface area (Å²) in [5.74, 6) is 1.71. The molecule has 0 aliphatic rings. The van der Waals surface area contributed by atoms with Gasteiger partial charge in [-0.15, -0.1) is 0 Å². The number of carbonyl (C=O) groups is 1. The minimum Gasteiger partial charge on any atom is -0.497 e. The van der Waals surface area contributed by atoms with E-state index in [1.807, 2.05) is 18.2 Å². The predicted octanol–water partition coefficient (Wildman–Crippen LogP) is 2.10. The van der Waals surface area contributed by atoms with Crippen LogP contribution in [-0.4, -0.2) is 34.2 Å². The summed E-state index contributed by atoms with van der Waals surface area (Å²) in [7, 11) is 4.89. The number of hydrogen-bond donors (Lipinski definition) is 0.